The second kappa shape index (κ2) is 5.55. The van der Waals surface area contributed by atoms with Crippen molar-refractivity contribution >= 4 is 5.97 Å². The van der Waals surface area contributed by atoms with Gasteiger partial charge in [-0.25, -0.2) is 0 Å². The zero-order valence-corrected chi connectivity index (χ0v) is 11.5. The summed E-state index contributed by atoms with van der Waals surface area (Å²) in [7, 11) is 1.73. The number of rotatable bonds is 4. The van der Waals surface area contributed by atoms with Gasteiger partial charge in [-0.15, -0.1) is 0 Å². The Bertz CT molecular complexity index is 311. The molecule has 2 N–H and O–H groups in total. The van der Waals surface area contributed by atoms with Gasteiger partial charge in [0.05, 0.1) is 0 Å². The summed E-state index contributed by atoms with van der Waals surface area (Å²) in [5.41, 5.74) is -0.836. The maximum atomic E-state index is 11.3. The van der Waals surface area contributed by atoms with Crippen molar-refractivity contribution in [1.29, 1.82) is 0 Å². The van der Waals surface area contributed by atoms with Gasteiger partial charge in [0.2, 0.25) is 0 Å². The zero-order valence-electron chi connectivity index (χ0n) is 11.5. The lowest BCUT2D eigenvalue weighted by atomic mass is 9.97. The summed E-state index contributed by atoms with van der Waals surface area (Å²) in [6, 6.07) is 0.641. The number of carboxylic acids is 1. The van der Waals surface area contributed by atoms with Crippen molar-refractivity contribution in [1.82, 2.24) is 15.1 Å². The molecule has 2 aliphatic heterocycles. The number of nitrogens with zero attached hydrogens (tertiary/aromatic N) is 2. The van der Waals surface area contributed by atoms with Crippen LogP contribution in [0.3, 0.4) is 0 Å². The molecule has 0 radical (unpaired) electrons. The fourth-order valence-corrected chi connectivity index (χ4v) is 3.06. The second-order valence-corrected chi connectivity index (χ2v) is 5.81. The molecular formula is C13H25N3O2. The molecule has 2 atom stereocenters. The van der Waals surface area contributed by atoms with Gasteiger partial charge in [-0.2, -0.15) is 0 Å². The number of hydrogen-bond donors (Lipinski definition) is 2. The Kier molecular flexibility index (Phi) is 4.25. The van der Waals surface area contributed by atoms with Gasteiger partial charge in [-0.05, 0) is 33.4 Å². The molecule has 2 fully saturated rings. The lowest BCUT2D eigenvalue weighted by Crippen LogP contribution is -2.61. The average molecular weight is 255 g/mol. The van der Waals surface area contributed by atoms with Crippen LogP contribution in [0.5, 0.6) is 0 Å². The van der Waals surface area contributed by atoms with E-state index in [-0.39, 0.29) is 0 Å². The second-order valence-electron chi connectivity index (χ2n) is 5.81. The lowest BCUT2D eigenvalue weighted by Gasteiger charge is -2.45. The monoisotopic (exact) mass is 255 g/mol. The minimum Gasteiger partial charge on any atom is -0.480 e. The molecule has 2 rings (SSSR count). The van der Waals surface area contributed by atoms with Gasteiger partial charge in [0.25, 0.3) is 0 Å². The molecule has 0 aromatic rings. The van der Waals surface area contributed by atoms with E-state index in [2.05, 4.69) is 15.1 Å². The number of piperazine rings is 1. The van der Waals surface area contributed by atoms with Crippen LogP contribution in [-0.2, 0) is 4.79 Å². The molecule has 0 bridgehead atoms. The van der Waals surface area contributed by atoms with Crippen LogP contribution in [0.1, 0.15) is 26.2 Å². The van der Waals surface area contributed by atoms with Crippen molar-refractivity contribution in [3.8, 4) is 0 Å². The zero-order chi connectivity index (χ0) is 13.2. The van der Waals surface area contributed by atoms with Gasteiger partial charge in [-0.3, -0.25) is 14.6 Å². The minimum absolute atomic E-state index is 0.586. The Hall–Kier alpha value is -0.650. The van der Waals surface area contributed by atoms with Crippen molar-refractivity contribution in [2.75, 3.05) is 39.8 Å². The summed E-state index contributed by atoms with van der Waals surface area (Å²) in [5.74, 6) is -0.768. The average Bonchev–Trinajstić information content (AvgIpc) is 2.38. The van der Waals surface area contributed by atoms with Crippen LogP contribution in [0.25, 0.3) is 0 Å². The largest absolute Gasteiger partial charge is 0.480 e. The number of hydrogen-bond acceptors (Lipinski definition) is 4. The first kappa shape index (κ1) is 13.8. The van der Waals surface area contributed by atoms with Gasteiger partial charge in [0.15, 0.2) is 0 Å². The Morgan fingerprint density at radius 1 is 1.39 bits per heavy atom. The van der Waals surface area contributed by atoms with E-state index in [1.807, 2.05) is 0 Å². The van der Waals surface area contributed by atoms with Gasteiger partial charge in [-0.1, -0.05) is 6.42 Å². The molecule has 5 heteroatoms. The number of aliphatic carboxylic acids is 1. The van der Waals surface area contributed by atoms with Crippen LogP contribution in [0.4, 0.5) is 0 Å². The molecule has 0 aromatic carbocycles. The predicted molar refractivity (Wildman–Crippen MR) is 70.8 cm³/mol. The summed E-state index contributed by atoms with van der Waals surface area (Å²) in [6.45, 7) is 6.67. The highest BCUT2D eigenvalue weighted by Gasteiger charge is 2.36. The fourth-order valence-electron chi connectivity index (χ4n) is 3.06. The van der Waals surface area contributed by atoms with Gasteiger partial charge >= 0.3 is 5.97 Å². The van der Waals surface area contributed by atoms with Gasteiger partial charge in [0.1, 0.15) is 5.54 Å². The number of carbonyl (C=O) groups is 1. The third-order valence-corrected chi connectivity index (χ3v) is 4.49. The minimum atomic E-state index is -0.836. The van der Waals surface area contributed by atoms with E-state index < -0.39 is 11.5 Å². The molecule has 104 valence electrons. The number of likely N-dealkylation sites (N-methyl/N-ethyl adjacent to an activating group) is 1. The van der Waals surface area contributed by atoms with E-state index >= 15 is 0 Å². The first-order valence-corrected chi connectivity index (χ1v) is 6.94. The van der Waals surface area contributed by atoms with Crippen LogP contribution in [0.2, 0.25) is 0 Å². The topological polar surface area (TPSA) is 55.8 Å². The number of nitrogens with one attached hydrogen (secondary N) is 1. The van der Waals surface area contributed by atoms with Gasteiger partial charge in [0, 0.05) is 32.2 Å². The van der Waals surface area contributed by atoms with Crippen molar-refractivity contribution in [3.63, 3.8) is 0 Å². The molecule has 0 aromatic heterocycles. The van der Waals surface area contributed by atoms with Crippen molar-refractivity contribution in [3.05, 3.63) is 0 Å². The summed E-state index contributed by atoms with van der Waals surface area (Å²) in [6.07, 6.45) is 3.90. The summed E-state index contributed by atoms with van der Waals surface area (Å²) < 4.78 is 0. The molecule has 0 aliphatic carbocycles. The molecule has 0 saturated carbocycles. The number of piperidine rings is 1. The molecular weight excluding hydrogens is 230 g/mol. The smallest absolute Gasteiger partial charge is 0.324 e. The number of fused-ring (bicyclic) bond motifs is 1. The van der Waals surface area contributed by atoms with E-state index in [9.17, 15) is 9.90 Å². The van der Waals surface area contributed by atoms with Crippen LogP contribution < -0.4 is 5.32 Å². The fraction of sp³-hybridized carbons (Fsp3) is 0.923. The molecule has 2 aliphatic rings. The molecule has 0 spiro atoms. The van der Waals surface area contributed by atoms with Crippen molar-refractivity contribution < 1.29 is 9.90 Å². The van der Waals surface area contributed by atoms with E-state index in [1.165, 1.54) is 25.8 Å². The highest BCUT2D eigenvalue weighted by atomic mass is 16.4. The van der Waals surface area contributed by atoms with Crippen LogP contribution in [0.15, 0.2) is 0 Å². The van der Waals surface area contributed by atoms with E-state index in [0.29, 0.717) is 12.6 Å². The maximum Gasteiger partial charge on any atom is 0.324 e. The summed E-state index contributed by atoms with van der Waals surface area (Å²) in [5, 5.41) is 12.2. The third-order valence-electron chi connectivity index (χ3n) is 4.49. The Morgan fingerprint density at radius 2 is 2.17 bits per heavy atom. The molecule has 2 heterocycles. The summed E-state index contributed by atoms with van der Waals surface area (Å²) in [4.78, 5) is 16.2. The Balaban J connectivity index is 1.93. The van der Waals surface area contributed by atoms with E-state index in [4.69, 9.17) is 0 Å². The maximum absolute atomic E-state index is 11.3. The molecule has 0 amide bonds. The first-order chi connectivity index (χ1) is 8.55. The Morgan fingerprint density at radius 3 is 2.83 bits per heavy atom. The van der Waals surface area contributed by atoms with Crippen molar-refractivity contribution in [2.45, 2.75) is 37.8 Å². The van der Waals surface area contributed by atoms with E-state index in [0.717, 1.165) is 19.6 Å². The summed E-state index contributed by atoms with van der Waals surface area (Å²) >= 11 is 0. The normalized spacial score (nSPS) is 29.6. The van der Waals surface area contributed by atoms with Crippen LogP contribution in [-0.4, -0.2) is 72.2 Å². The molecule has 2 saturated heterocycles. The highest BCUT2D eigenvalue weighted by molar-refractivity contribution is 5.78. The standard InChI is InChI=1S/C13H25N3O2/c1-13(14-2,12(17)18)10-15-7-8-16-6-4-3-5-11(16)9-15/h11,14H,3-10H2,1-2H3,(H,17,18). The molecule has 18 heavy (non-hydrogen) atoms. The van der Waals surface area contributed by atoms with Crippen LogP contribution >= 0.6 is 0 Å². The highest BCUT2D eigenvalue weighted by Crippen LogP contribution is 2.22. The molecule has 2 unspecified atom stereocenters. The molecule has 5 nitrogen and oxygen atoms in total. The van der Waals surface area contributed by atoms with E-state index in [1.54, 1.807) is 14.0 Å². The SMILES string of the molecule is CNC(C)(CN1CCN2CCCCC2C1)C(=O)O. The number of carboxylic acid groups (broad SMARTS) is 1. The van der Waals surface area contributed by atoms with Gasteiger partial charge < -0.3 is 10.4 Å². The lowest BCUT2D eigenvalue weighted by molar-refractivity contribution is -0.145. The predicted octanol–water partition coefficient (Wildman–Crippen LogP) is 0.219. The Labute approximate surface area is 109 Å². The van der Waals surface area contributed by atoms with Crippen LogP contribution in [0, 0.1) is 0 Å². The van der Waals surface area contributed by atoms with Crippen molar-refractivity contribution in [2.24, 2.45) is 0 Å². The quantitative estimate of drug-likeness (QED) is 0.752. The third kappa shape index (κ3) is 2.84. The first-order valence-electron chi connectivity index (χ1n) is 6.94.